The number of piperazine rings is 1. The number of aliphatic hydroxyl groups is 1. The van der Waals surface area contributed by atoms with Gasteiger partial charge < -0.3 is 15.3 Å². The van der Waals surface area contributed by atoms with Gasteiger partial charge in [0.05, 0.1) is 12.1 Å². The Morgan fingerprint density at radius 3 is 2.33 bits per heavy atom. The number of amides is 1. The van der Waals surface area contributed by atoms with Gasteiger partial charge in [0.2, 0.25) is 5.91 Å². The topological polar surface area (TPSA) is 55.8 Å². The Balaban J connectivity index is 1.45. The summed E-state index contributed by atoms with van der Waals surface area (Å²) in [6, 6.07) is 0.576. The first kappa shape index (κ1) is 15.3. The molecular weight excluding hydrogens is 266 g/mol. The van der Waals surface area contributed by atoms with Gasteiger partial charge in [0, 0.05) is 38.8 Å². The molecule has 2 N–H and O–H groups in total. The maximum atomic E-state index is 12.4. The molecule has 5 nitrogen and oxygen atoms in total. The number of aliphatic hydroxyl groups excluding tert-OH is 1. The Hall–Kier alpha value is -0.650. The average Bonchev–Trinajstić information content (AvgIpc) is 2.94. The Labute approximate surface area is 127 Å². The van der Waals surface area contributed by atoms with Gasteiger partial charge in [-0.25, -0.2) is 0 Å². The van der Waals surface area contributed by atoms with Crippen LogP contribution in [0.2, 0.25) is 0 Å². The van der Waals surface area contributed by atoms with E-state index in [1.807, 2.05) is 4.90 Å². The SMILES string of the molecule is CC1CCC(N2CCN(C(=O)C3CC(O)CN3)CC2)CC1. The molecule has 2 heterocycles. The molecule has 0 bridgehead atoms. The second-order valence-corrected chi connectivity index (χ2v) is 7.13. The predicted molar refractivity (Wildman–Crippen MR) is 82.0 cm³/mol. The number of hydrogen-bond acceptors (Lipinski definition) is 4. The number of β-amino-alcohol motifs (C(OH)–C–C–N with tert-alkyl or cyclic N) is 1. The number of hydrogen-bond donors (Lipinski definition) is 2. The third kappa shape index (κ3) is 3.58. The third-order valence-corrected chi connectivity index (χ3v) is 5.53. The second kappa shape index (κ2) is 6.63. The standard InChI is InChI=1S/C16H29N3O2/c1-12-2-4-13(5-3-12)18-6-8-19(9-7-18)16(21)15-10-14(20)11-17-15/h12-15,17,20H,2-11H2,1H3. The van der Waals surface area contributed by atoms with Gasteiger partial charge in [0.25, 0.3) is 0 Å². The molecule has 2 aliphatic heterocycles. The largest absolute Gasteiger partial charge is 0.392 e. The number of carbonyl (C=O) groups is 1. The zero-order valence-electron chi connectivity index (χ0n) is 13.1. The molecule has 0 radical (unpaired) electrons. The molecule has 2 atom stereocenters. The zero-order chi connectivity index (χ0) is 14.8. The quantitative estimate of drug-likeness (QED) is 0.776. The molecule has 21 heavy (non-hydrogen) atoms. The minimum atomic E-state index is -0.357. The van der Waals surface area contributed by atoms with E-state index in [9.17, 15) is 9.90 Å². The smallest absolute Gasteiger partial charge is 0.239 e. The molecule has 3 aliphatic rings. The summed E-state index contributed by atoms with van der Waals surface area (Å²) in [6.45, 7) is 6.63. The first-order valence-corrected chi connectivity index (χ1v) is 8.58. The molecular formula is C16H29N3O2. The number of rotatable bonds is 2. The van der Waals surface area contributed by atoms with Gasteiger partial charge in [-0.05, 0) is 38.0 Å². The summed E-state index contributed by atoms with van der Waals surface area (Å²) in [4.78, 5) is 17.0. The first-order chi connectivity index (χ1) is 10.1. The highest BCUT2D eigenvalue weighted by atomic mass is 16.3. The lowest BCUT2D eigenvalue weighted by Gasteiger charge is -2.42. The van der Waals surface area contributed by atoms with E-state index in [1.165, 1.54) is 25.7 Å². The van der Waals surface area contributed by atoms with Crippen molar-refractivity contribution < 1.29 is 9.90 Å². The molecule has 1 saturated carbocycles. The van der Waals surface area contributed by atoms with Crippen molar-refractivity contribution in [1.82, 2.24) is 15.1 Å². The van der Waals surface area contributed by atoms with Crippen molar-refractivity contribution in [1.29, 1.82) is 0 Å². The highest BCUT2D eigenvalue weighted by Crippen LogP contribution is 2.27. The fourth-order valence-corrected chi connectivity index (χ4v) is 4.04. The Bertz CT molecular complexity index is 361. The van der Waals surface area contributed by atoms with Crippen LogP contribution in [0.25, 0.3) is 0 Å². The maximum Gasteiger partial charge on any atom is 0.239 e. The third-order valence-electron chi connectivity index (χ3n) is 5.53. The molecule has 5 heteroatoms. The summed E-state index contributed by atoms with van der Waals surface area (Å²) in [7, 11) is 0. The van der Waals surface area contributed by atoms with Crippen molar-refractivity contribution in [2.75, 3.05) is 32.7 Å². The Morgan fingerprint density at radius 1 is 1.10 bits per heavy atom. The molecule has 1 aliphatic carbocycles. The molecule has 0 aromatic rings. The molecule has 0 spiro atoms. The summed E-state index contributed by atoms with van der Waals surface area (Å²) in [6.07, 6.45) is 5.57. The van der Waals surface area contributed by atoms with Crippen molar-refractivity contribution >= 4 is 5.91 Å². The summed E-state index contributed by atoms with van der Waals surface area (Å²) in [5.74, 6) is 1.08. The molecule has 0 aromatic heterocycles. The molecule has 2 saturated heterocycles. The van der Waals surface area contributed by atoms with Crippen LogP contribution in [0.4, 0.5) is 0 Å². The lowest BCUT2D eigenvalue weighted by Crippen LogP contribution is -2.55. The minimum absolute atomic E-state index is 0.165. The summed E-state index contributed by atoms with van der Waals surface area (Å²) in [5, 5.41) is 12.7. The highest BCUT2D eigenvalue weighted by Gasteiger charge is 2.34. The summed E-state index contributed by atoms with van der Waals surface area (Å²) in [5.41, 5.74) is 0. The van der Waals surface area contributed by atoms with E-state index in [4.69, 9.17) is 0 Å². The monoisotopic (exact) mass is 295 g/mol. The van der Waals surface area contributed by atoms with Gasteiger partial charge >= 0.3 is 0 Å². The van der Waals surface area contributed by atoms with Crippen LogP contribution in [0.5, 0.6) is 0 Å². The maximum absolute atomic E-state index is 12.4. The van der Waals surface area contributed by atoms with Crippen LogP contribution < -0.4 is 5.32 Å². The Morgan fingerprint density at radius 2 is 1.76 bits per heavy atom. The van der Waals surface area contributed by atoms with Crippen molar-refractivity contribution in [2.45, 2.75) is 57.2 Å². The lowest BCUT2D eigenvalue weighted by molar-refractivity contribution is -0.135. The van der Waals surface area contributed by atoms with Crippen molar-refractivity contribution in [3.63, 3.8) is 0 Å². The van der Waals surface area contributed by atoms with Gasteiger partial charge in [-0.3, -0.25) is 9.69 Å². The van der Waals surface area contributed by atoms with E-state index in [0.29, 0.717) is 13.0 Å². The second-order valence-electron chi connectivity index (χ2n) is 7.13. The fraction of sp³-hybridized carbons (Fsp3) is 0.938. The molecule has 120 valence electrons. The van der Waals surface area contributed by atoms with E-state index in [-0.39, 0.29) is 18.1 Å². The van der Waals surface area contributed by atoms with E-state index >= 15 is 0 Å². The van der Waals surface area contributed by atoms with Gasteiger partial charge in [0.1, 0.15) is 0 Å². The molecule has 2 unspecified atom stereocenters. The van der Waals surface area contributed by atoms with E-state index in [1.54, 1.807) is 0 Å². The van der Waals surface area contributed by atoms with Gasteiger partial charge in [-0.2, -0.15) is 0 Å². The molecule has 0 aromatic carbocycles. The van der Waals surface area contributed by atoms with Crippen LogP contribution in [-0.4, -0.2) is 71.7 Å². The lowest BCUT2D eigenvalue weighted by atomic mass is 9.86. The van der Waals surface area contributed by atoms with Gasteiger partial charge in [-0.1, -0.05) is 6.92 Å². The molecule has 1 amide bonds. The first-order valence-electron chi connectivity index (χ1n) is 8.58. The number of carbonyl (C=O) groups excluding carboxylic acids is 1. The number of nitrogens with zero attached hydrogens (tertiary/aromatic N) is 2. The van der Waals surface area contributed by atoms with Crippen molar-refractivity contribution in [2.24, 2.45) is 5.92 Å². The fourth-order valence-electron chi connectivity index (χ4n) is 4.04. The van der Waals surface area contributed by atoms with E-state index < -0.39 is 0 Å². The van der Waals surface area contributed by atoms with Crippen LogP contribution in [0, 0.1) is 5.92 Å². The van der Waals surface area contributed by atoms with Crippen LogP contribution in [0.1, 0.15) is 39.0 Å². The van der Waals surface area contributed by atoms with Crippen molar-refractivity contribution in [3.8, 4) is 0 Å². The van der Waals surface area contributed by atoms with Crippen LogP contribution in [0.15, 0.2) is 0 Å². The van der Waals surface area contributed by atoms with E-state index in [0.717, 1.165) is 38.1 Å². The normalized spacial score (nSPS) is 38.7. The minimum Gasteiger partial charge on any atom is -0.392 e. The molecule has 3 fully saturated rings. The van der Waals surface area contributed by atoms with Crippen molar-refractivity contribution in [3.05, 3.63) is 0 Å². The van der Waals surface area contributed by atoms with Gasteiger partial charge in [-0.15, -0.1) is 0 Å². The van der Waals surface area contributed by atoms with Crippen LogP contribution in [0.3, 0.4) is 0 Å². The van der Waals surface area contributed by atoms with Crippen LogP contribution >= 0.6 is 0 Å². The molecule has 3 rings (SSSR count). The Kier molecular flexibility index (Phi) is 4.82. The van der Waals surface area contributed by atoms with Gasteiger partial charge in [0.15, 0.2) is 0 Å². The average molecular weight is 295 g/mol. The summed E-state index contributed by atoms with van der Waals surface area (Å²) < 4.78 is 0. The van der Waals surface area contributed by atoms with E-state index in [2.05, 4.69) is 17.1 Å². The predicted octanol–water partition coefficient (Wildman–Crippen LogP) is 0.432. The van der Waals surface area contributed by atoms with Crippen LogP contribution in [-0.2, 0) is 4.79 Å². The highest BCUT2D eigenvalue weighted by molar-refractivity contribution is 5.82. The summed E-state index contributed by atoms with van der Waals surface area (Å²) >= 11 is 0. The zero-order valence-corrected chi connectivity index (χ0v) is 13.1. The number of nitrogens with one attached hydrogen (secondary N) is 1.